The highest BCUT2D eigenvalue weighted by atomic mass is 16.3. The predicted molar refractivity (Wildman–Crippen MR) is 111 cm³/mol. The number of phenols is 2. The summed E-state index contributed by atoms with van der Waals surface area (Å²) in [5.74, 6) is -0.0391. The smallest absolute Gasteiger partial charge is 0.163 e. The largest absolute Gasteiger partial charge is 0.507 e. The number of carbonyl (C=O) groups is 1. The number of phenolic OH excluding ortho intramolecular Hbond substituents is 2. The van der Waals surface area contributed by atoms with Gasteiger partial charge >= 0.3 is 0 Å². The van der Waals surface area contributed by atoms with Crippen molar-refractivity contribution in [2.24, 2.45) is 0 Å². The van der Waals surface area contributed by atoms with E-state index in [1.165, 1.54) is 6.92 Å². The van der Waals surface area contributed by atoms with Crippen LogP contribution in [-0.4, -0.2) is 33.1 Å². The number of ketones is 1. The van der Waals surface area contributed by atoms with Crippen molar-refractivity contribution in [1.29, 1.82) is 0 Å². The molecule has 3 rings (SSSR count). The predicted octanol–water partition coefficient (Wildman–Crippen LogP) is 4.44. The van der Waals surface area contributed by atoms with E-state index in [9.17, 15) is 15.0 Å². The van der Waals surface area contributed by atoms with Crippen molar-refractivity contribution in [1.82, 2.24) is 9.88 Å². The van der Waals surface area contributed by atoms with E-state index < -0.39 is 0 Å². The molecule has 3 aromatic rings. The van der Waals surface area contributed by atoms with Crippen LogP contribution in [0.2, 0.25) is 0 Å². The second kappa shape index (κ2) is 7.08. The maximum atomic E-state index is 11.9. The molecule has 0 aliphatic carbocycles. The van der Waals surface area contributed by atoms with Crippen molar-refractivity contribution >= 4 is 33.2 Å². The van der Waals surface area contributed by atoms with Crippen LogP contribution in [0.1, 0.15) is 43.6 Å². The summed E-state index contributed by atoms with van der Waals surface area (Å²) in [5, 5.41) is 26.0. The van der Waals surface area contributed by atoms with E-state index in [4.69, 9.17) is 0 Å². The fourth-order valence-electron chi connectivity index (χ4n) is 3.49. The molecule has 2 aromatic carbocycles. The lowest BCUT2D eigenvalue weighted by Gasteiger charge is -2.12. The Morgan fingerprint density at radius 3 is 2.04 bits per heavy atom. The van der Waals surface area contributed by atoms with E-state index in [0.29, 0.717) is 23.7 Å². The number of allylic oxidation sites excluding steroid dienone is 1. The van der Waals surface area contributed by atoms with Crippen LogP contribution in [0.3, 0.4) is 0 Å². The summed E-state index contributed by atoms with van der Waals surface area (Å²) in [4.78, 5) is 11.9. The van der Waals surface area contributed by atoms with Crippen LogP contribution in [0.15, 0.2) is 30.8 Å². The number of benzene rings is 2. The van der Waals surface area contributed by atoms with Crippen LogP contribution in [0, 0.1) is 0 Å². The van der Waals surface area contributed by atoms with E-state index in [2.05, 4.69) is 30.3 Å². The Labute approximate surface area is 158 Å². The van der Waals surface area contributed by atoms with Gasteiger partial charge in [-0.25, -0.2) is 0 Å². The maximum Gasteiger partial charge on any atom is 0.163 e. The number of fused-ring (bicyclic) bond motifs is 3. The van der Waals surface area contributed by atoms with Gasteiger partial charge in [0.05, 0.1) is 16.6 Å². The first-order valence-electron chi connectivity index (χ1n) is 9.12. The number of Topliss-reactive ketones (excluding diaryl/α,β-unsaturated/α-hetero) is 1. The quantitative estimate of drug-likeness (QED) is 0.564. The van der Waals surface area contributed by atoms with Gasteiger partial charge in [0, 0.05) is 47.6 Å². The standard InChI is InChI=1S/C22H26N2O3/c1-12(2)15-8-17-18-9-16(14(5)25)22(27)11-20(18)24(7-6-23-13(3)4)19(17)10-21(15)26/h8-11,13,23,26-27H,1,6-7H2,2-5H3. The number of aromatic hydroxyl groups is 2. The van der Waals surface area contributed by atoms with E-state index in [1.807, 2.05) is 13.0 Å². The molecule has 0 amide bonds. The SMILES string of the molecule is C=C(C)c1cc2c3cc(C(C)=O)c(O)cc3n(CCNC(C)C)c2cc1O. The van der Waals surface area contributed by atoms with Gasteiger partial charge in [0.15, 0.2) is 5.78 Å². The number of carbonyl (C=O) groups excluding carboxylic acids is 1. The van der Waals surface area contributed by atoms with Crippen molar-refractivity contribution in [2.45, 2.75) is 40.3 Å². The normalized spacial score (nSPS) is 11.6. The van der Waals surface area contributed by atoms with Gasteiger partial charge in [0.25, 0.3) is 0 Å². The highest BCUT2D eigenvalue weighted by Gasteiger charge is 2.18. The zero-order valence-corrected chi connectivity index (χ0v) is 16.3. The summed E-state index contributed by atoms with van der Waals surface area (Å²) < 4.78 is 2.06. The number of nitrogens with zero attached hydrogens (tertiary/aromatic N) is 1. The molecule has 0 aliphatic rings. The first kappa shape index (κ1) is 19.0. The first-order chi connectivity index (χ1) is 12.7. The molecule has 3 N–H and O–H groups in total. The molecular weight excluding hydrogens is 340 g/mol. The molecule has 0 spiro atoms. The average molecular weight is 366 g/mol. The lowest BCUT2D eigenvalue weighted by atomic mass is 10.0. The van der Waals surface area contributed by atoms with Gasteiger partial charge in [-0.05, 0) is 31.6 Å². The number of aromatic nitrogens is 1. The molecule has 0 atom stereocenters. The molecule has 27 heavy (non-hydrogen) atoms. The fraction of sp³-hybridized carbons (Fsp3) is 0.318. The lowest BCUT2D eigenvalue weighted by Crippen LogP contribution is -2.26. The summed E-state index contributed by atoms with van der Waals surface area (Å²) in [5.41, 5.74) is 3.43. The Kier molecular flexibility index (Phi) is 4.98. The number of rotatable bonds is 6. The molecule has 1 aromatic heterocycles. The fourth-order valence-corrected chi connectivity index (χ4v) is 3.49. The monoisotopic (exact) mass is 366 g/mol. The average Bonchev–Trinajstić information content (AvgIpc) is 2.85. The van der Waals surface area contributed by atoms with Crippen LogP contribution >= 0.6 is 0 Å². The summed E-state index contributed by atoms with van der Waals surface area (Å²) in [6.07, 6.45) is 0. The summed E-state index contributed by atoms with van der Waals surface area (Å²) in [6.45, 7) is 12.8. The summed E-state index contributed by atoms with van der Waals surface area (Å²) in [6, 6.07) is 7.38. The third-order valence-electron chi connectivity index (χ3n) is 4.83. The first-order valence-corrected chi connectivity index (χ1v) is 9.12. The minimum absolute atomic E-state index is 0.0276. The topological polar surface area (TPSA) is 74.5 Å². The van der Waals surface area contributed by atoms with E-state index in [1.54, 1.807) is 18.2 Å². The molecule has 0 fully saturated rings. The molecule has 142 valence electrons. The number of hydrogen-bond acceptors (Lipinski definition) is 4. The van der Waals surface area contributed by atoms with Gasteiger partial charge in [-0.15, -0.1) is 0 Å². The van der Waals surface area contributed by atoms with Crippen LogP contribution < -0.4 is 5.32 Å². The van der Waals surface area contributed by atoms with Gasteiger partial charge in [-0.2, -0.15) is 0 Å². The minimum Gasteiger partial charge on any atom is -0.507 e. The molecule has 0 aliphatic heterocycles. The molecule has 0 saturated carbocycles. The number of hydrogen-bond donors (Lipinski definition) is 3. The van der Waals surface area contributed by atoms with Crippen molar-refractivity contribution < 1.29 is 15.0 Å². The zero-order valence-electron chi connectivity index (χ0n) is 16.3. The second-order valence-electron chi connectivity index (χ2n) is 7.37. The van der Waals surface area contributed by atoms with Crippen molar-refractivity contribution in [3.8, 4) is 11.5 Å². The highest BCUT2D eigenvalue weighted by molar-refractivity contribution is 6.13. The molecule has 1 heterocycles. The van der Waals surface area contributed by atoms with Gasteiger partial charge in [-0.1, -0.05) is 20.4 Å². The van der Waals surface area contributed by atoms with Gasteiger partial charge < -0.3 is 20.1 Å². The second-order valence-corrected chi connectivity index (χ2v) is 7.37. The van der Waals surface area contributed by atoms with E-state index >= 15 is 0 Å². The summed E-state index contributed by atoms with van der Waals surface area (Å²) in [7, 11) is 0. The van der Waals surface area contributed by atoms with Crippen LogP contribution in [0.25, 0.3) is 27.4 Å². The molecule has 0 radical (unpaired) electrons. The maximum absolute atomic E-state index is 11.9. The van der Waals surface area contributed by atoms with Crippen LogP contribution in [0.4, 0.5) is 0 Å². The minimum atomic E-state index is -0.185. The third-order valence-corrected chi connectivity index (χ3v) is 4.83. The molecule has 5 nitrogen and oxygen atoms in total. The van der Waals surface area contributed by atoms with Crippen molar-refractivity contribution in [3.63, 3.8) is 0 Å². The number of nitrogens with one attached hydrogen (secondary N) is 1. The van der Waals surface area contributed by atoms with E-state index in [0.717, 1.165) is 33.9 Å². The summed E-state index contributed by atoms with van der Waals surface area (Å²) >= 11 is 0. The highest BCUT2D eigenvalue weighted by Crippen LogP contribution is 2.38. The molecule has 5 heteroatoms. The van der Waals surface area contributed by atoms with Crippen molar-refractivity contribution in [3.05, 3.63) is 42.0 Å². The molecule has 0 saturated heterocycles. The Balaban J connectivity index is 2.32. The van der Waals surface area contributed by atoms with Gasteiger partial charge in [0.2, 0.25) is 0 Å². The van der Waals surface area contributed by atoms with E-state index in [-0.39, 0.29) is 17.3 Å². The Hall–Kier alpha value is -2.79. The van der Waals surface area contributed by atoms with Gasteiger partial charge in [-0.3, -0.25) is 4.79 Å². The van der Waals surface area contributed by atoms with Crippen LogP contribution in [-0.2, 0) is 6.54 Å². The Morgan fingerprint density at radius 2 is 1.56 bits per heavy atom. The zero-order chi connectivity index (χ0) is 19.9. The van der Waals surface area contributed by atoms with Crippen LogP contribution in [0.5, 0.6) is 11.5 Å². The van der Waals surface area contributed by atoms with Crippen molar-refractivity contribution in [2.75, 3.05) is 6.54 Å². The molecular formula is C22H26N2O3. The Bertz CT molecular complexity index is 984. The molecule has 0 unspecified atom stereocenters. The third kappa shape index (κ3) is 3.43. The Morgan fingerprint density at radius 1 is 1.04 bits per heavy atom. The van der Waals surface area contributed by atoms with Gasteiger partial charge in [0.1, 0.15) is 11.5 Å². The lowest BCUT2D eigenvalue weighted by molar-refractivity contribution is 0.101. The molecule has 0 bridgehead atoms.